The van der Waals surface area contributed by atoms with Crippen molar-refractivity contribution in [2.75, 3.05) is 32.2 Å². The number of aromatic nitrogens is 3. The molecule has 0 unspecified atom stereocenters. The van der Waals surface area contributed by atoms with Gasteiger partial charge in [-0.1, -0.05) is 0 Å². The Morgan fingerprint density at radius 3 is 2.62 bits per heavy atom. The normalized spacial score (nSPS) is 15.4. The average molecular weight is 226 g/mol. The largest absolute Gasteiger partial charge is 0.467 e. The molecule has 7 heteroatoms. The summed E-state index contributed by atoms with van der Waals surface area (Å²) in [5.74, 6) is 0.449. The van der Waals surface area contributed by atoms with E-state index in [1.807, 2.05) is 6.92 Å². The van der Waals surface area contributed by atoms with Crippen molar-refractivity contribution < 1.29 is 14.2 Å². The predicted octanol–water partition coefficient (Wildman–Crippen LogP) is 0.0896. The molecule has 1 N–H and O–H groups in total. The first-order valence-corrected chi connectivity index (χ1v) is 5.10. The quantitative estimate of drug-likeness (QED) is 0.762. The molecule has 88 valence electrons. The Bertz CT molecular complexity index is 357. The first kappa shape index (κ1) is 10.9. The fourth-order valence-electron chi connectivity index (χ4n) is 1.15. The number of nitrogens with one attached hydrogen (secondary N) is 1. The summed E-state index contributed by atoms with van der Waals surface area (Å²) in [6, 6.07) is 0.497. The fourth-order valence-corrected chi connectivity index (χ4v) is 1.15. The summed E-state index contributed by atoms with van der Waals surface area (Å²) in [4.78, 5) is 12.1. The van der Waals surface area contributed by atoms with Crippen LogP contribution in [0.15, 0.2) is 0 Å². The van der Waals surface area contributed by atoms with Crippen LogP contribution >= 0.6 is 0 Å². The SMILES string of the molecule is CCNc1nc(OC)nc(OC2COC2)n1. The van der Waals surface area contributed by atoms with Gasteiger partial charge in [0, 0.05) is 6.54 Å². The molecule has 1 fully saturated rings. The molecule has 2 heterocycles. The van der Waals surface area contributed by atoms with E-state index < -0.39 is 0 Å². The van der Waals surface area contributed by atoms with Gasteiger partial charge in [-0.05, 0) is 6.92 Å². The molecule has 7 nitrogen and oxygen atoms in total. The predicted molar refractivity (Wildman–Crippen MR) is 55.8 cm³/mol. The third-order valence-corrected chi connectivity index (χ3v) is 1.99. The monoisotopic (exact) mass is 226 g/mol. The first-order chi connectivity index (χ1) is 7.81. The molecule has 0 atom stereocenters. The number of hydrogen-bond donors (Lipinski definition) is 1. The smallest absolute Gasteiger partial charge is 0.324 e. The maximum Gasteiger partial charge on any atom is 0.324 e. The lowest BCUT2D eigenvalue weighted by Gasteiger charge is -2.25. The summed E-state index contributed by atoms with van der Waals surface area (Å²) in [7, 11) is 1.50. The molecule has 0 amide bonds. The summed E-state index contributed by atoms with van der Waals surface area (Å²) in [5.41, 5.74) is 0. The number of nitrogens with zero attached hydrogens (tertiary/aromatic N) is 3. The highest BCUT2D eigenvalue weighted by Crippen LogP contribution is 2.15. The summed E-state index contributed by atoms with van der Waals surface area (Å²) in [6.45, 7) is 3.82. The van der Waals surface area contributed by atoms with E-state index in [0.29, 0.717) is 19.2 Å². The lowest BCUT2D eigenvalue weighted by molar-refractivity contribution is -0.0833. The molecule has 0 bridgehead atoms. The van der Waals surface area contributed by atoms with Gasteiger partial charge in [-0.2, -0.15) is 9.97 Å². The molecule has 16 heavy (non-hydrogen) atoms. The molecule has 0 saturated carbocycles. The van der Waals surface area contributed by atoms with Crippen LogP contribution < -0.4 is 14.8 Å². The summed E-state index contributed by atoms with van der Waals surface area (Å²) in [6.07, 6.45) is 0.0292. The van der Waals surface area contributed by atoms with E-state index in [4.69, 9.17) is 14.2 Å². The van der Waals surface area contributed by atoms with Crippen molar-refractivity contribution in [2.45, 2.75) is 13.0 Å². The standard InChI is InChI=1S/C9H14N4O3/c1-3-10-7-11-8(14-2)13-9(12-7)16-6-4-15-5-6/h6H,3-5H2,1-2H3,(H,10,11,12,13). The van der Waals surface area contributed by atoms with Gasteiger partial charge in [0.15, 0.2) is 0 Å². The van der Waals surface area contributed by atoms with Gasteiger partial charge in [-0.25, -0.2) is 0 Å². The summed E-state index contributed by atoms with van der Waals surface area (Å²) in [5, 5.41) is 2.98. The fraction of sp³-hybridized carbons (Fsp3) is 0.667. The van der Waals surface area contributed by atoms with Crippen molar-refractivity contribution in [3.05, 3.63) is 0 Å². The Morgan fingerprint density at radius 2 is 2.06 bits per heavy atom. The number of methoxy groups -OCH3 is 1. The minimum Gasteiger partial charge on any atom is -0.467 e. The number of ether oxygens (including phenoxy) is 3. The third-order valence-electron chi connectivity index (χ3n) is 1.99. The Hall–Kier alpha value is -1.63. The van der Waals surface area contributed by atoms with Crippen molar-refractivity contribution in [1.29, 1.82) is 0 Å². The summed E-state index contributed by atoms with van der Waals surface area (Å²) < 4.78 is 15.4. The first-order valence-electron chi connectivity index (χ1n) is 5.10. The van der Waals surface area contributed by atoms with Gasteiger partial charge in [0.25, 0.3) is 0 Å². The molecule has 1 aliphatic heterocycles. The zero-order valence-electron chi connectivity index (χ0n) is 9.27. The Labute approximate surface area is 93.2 Å². The second kappa shape index (κ2) is 4.93. The molecule has 1 aromatic rings. The van der Waals surface area contributed by atoms with Crippen LogP contribution in [0.1, 0.15) is 6.92 Å². The molecular weight excluding hydrogens is 212 g/mol. The zero-order valence-corrected chi connectivity index (χ0v) is 9.27. The van der Waals surface area contributed by atoms with Crippen LogP contribution in [0.4, 0.5) is 5.95 Å². The highest BCUT2D eigenvalue weighted by atomic mass is 16.6. The van der Waals surface area contributed by atoms with Crippen molar-refractivity contribution in [1.82, 2.24) is 15.0 Å². The molecule has 0 aromatic carbocycles. The van der Waals surface area contributed by atoms with Crippen LogP contribution in [0.25, 0.3) is 0 Å². The van der Waals surface area contributed by atoms with E-state index in [1.165, 1.54) is 7.11 Å². The van der Waals surface area contributed by atoms with Crippen LogP contribution in [0.5, 0.6) is 12.0 Å². The van der Waals surface area contributed by atoms with Crippen molar-refractivity contribution in [2.24, 2.45) is 0 Å². The maximum atomic E-state index is 5.47. The molecular formula is C9H14N4O3. The van der Waals surface area contributed by atoms with Gasteiger partial charge in [0.1, 0.15) is 6.10 Å². The van der Waals surface area contributed by atoms with Crippen molar-refractivity contribution >= 4 is 5.95 Å². The van der Waals surface area contributed by atoms with E-state index in [-0.39, 0.29) is 18.1 Å². The van der Waals surface area contributed by atoms with Gasteiger partial charge in [-0.3, -0.25) is 0 Å². The van der Waals surface area contributed by atoms with Gasteiger partial charge in [0.05, 0.1) is 20.3 Å². The van der Waals surface area contributed by atoms with Gasteiger partial charge >= 0.3 is 12.0 Å². The Balaban J connectivity index is 2.11. The number of anilines is 1. The number of rotatable bonds is 5. The van der Waals surface area contributed by atoms with Crippen LogP contribution in [0, 0.1) is 0 Å². The lowest BCUT2D eigenvalue weighted by atomic mass is 10.3. The van der Waals surface area contributed by atoms with E-state index in [9.17, 15) is 0 Å². The molecule has 1 aromatic heterocycles. The topological polar surface area (TPSA) is 78.4 Å². The molecule has 0 spiro atoms. The van der Waals surface area contributed by atoms with Crippen LogP contribution in [-0.4, -0.2) is 47.9 Å². The highest BCUT2D eigenvalue weighted by molar-refractivity contribution is 5.27. The molecule has 0 aliphatic carbocycles. The Morgan fingerprint density at radius 1 is 1.31 bits per heavy atom. The van der Waals surface area contributed by atoms with Gasteiger partial charge in [-0.15, -0.1) is 4.98 Å². The molecule has 1 saturated heterocycles. The third kappa shape index (κ3) is 2.48. The second-order valence-electron chi connectivity index (χ2n) is 3.24. The number of hydrogen-bond acceptors (Lipinski definition) is 7. The van der Waals surface area contributed by atoms with Crippen molar-refractivity contribution in [3.8, 4) is 12.0 Å². The van der Waals surface area contributed by atoms with E-state index in [2.05, 4.69) is 20.3 Å². The van der Waals surface area contributed by atoms with Crippen LogP contribution in [-0.2, 0) is 4.74 Å². The van der Waals surface area contributed by atoms with E-state index in [1.54, 1.807) is 0 Å². The van der Waals surface area contributed by atoms with E-state index >= 15 is 0 Å². The minimum atomic E-state index is 0.0292. The van der Waals surface area contributed by atoms with E-state index in [0.717, 1.165) is 6.54 Å². The zero-order chi connectivity index (χ0) is 11.4. The van der Waals surface area contributed by atoms with Crippen molar-refractivity contribution in [3.63, 3.8) is 0 Å². The molecule has 1 aliphatic rings. The van der Waals surface area contributed by atoms with Gasteiger partial charge < -0.3 is 19.5 Å². The van der Waals surface area contributed by atoms with Crippen LogP contribution in [0.2, 0.25) is 0 Å². The molecule has 0 radical (unpaired) electrons. The highest BCUT2D eigenvalue weighted by Gasteiger charge is 2.22. The van der Waals surface area contributed by atoms with Crippen LogP contribution in [0.3, 0.4) is 0 Å². The lowest BCUT2D eigenvalue weighted by Crippen LogP contribution is -2.39. The average Bonchev–Trinajstić information content (AvgIpc) is 2.24. The second-order valence-corrected chi connectivity index (χ2v) is 3.24. The van der Waals surface area contributed by atoms with Gasteiger partial charge in [0.2, 0.25) is 5.95 Å². The minimum absolute atomic E-state index is 0.0292. The summed E-state index contributed by atoms with van der Waals surface area (Å²) >= 11 is 0. The molecule has 2 rings (SSSR count). The Kier molecular flexibility index (Phi) is 3.35. The maximum absolute atomic E-state index is 5.47.